The molecule has 0 aliphatic carbocycles. The Morgan fingerprint density at radius 1 is 1.19 bits per heavy atom. The minimum Gasteiger partial charge on any atom is -0.305 e. The summed E-state index contributed by atoms with van der Waals surface area (Å²) >= 11 is 3.43. The van der Waals surface area contributed by atoms with Crippen molar-refractivity contribution in [3.8, 4) is 0 Å². The summed E-state index contributed by atoms with van der Waals surface area (Å²) in [7, 11) is 0. The van der Waals surface area contributed by atoms with Crippen LogP contribution in [0, 0.1) is 0 Å². The van der Waals surface area contributed by atoms with Crippen molar-refractivity contribution in [3.05, 3.63) is 65.2 Å². The second-order valence-corrected chi connectivity index (χ2v) is 6.08. The number of carbonyl (C=O) groups excluding carboxylic acids is 1. The summed E-state index contributed by atoms with van der Waals surface area (Å²) in [5.74, 6) is 0.0933. The van der Waals surface area contributed by atoms with Crippen LogP contribution < -0.4 is 4.90 Å². The fourth-order valence-corrected chi connectivity index (χ4v) is 3.25. The van der Waals surface area contributed by atoms with Gasteiger partial charge < -0.3 is 4.90 Å². The molecule has 2 aromatic carbocycles. The van der Waals surface area contributed by atoms with Crippen molar-refractivity contribution in [2.24, 2.45) is 0 Å². The summed E-state index contributed by atoms with van der Waals surface area (Å²) in [5.41, 5.74) is 4.26. The number of halogens is 1. The SMILES string of the molecule is CC1CCc2ccccc2N1C(=O)c1ccc(CBr)cc1. The standard InChI is InChI=1S/C18H18BrNO/c1-13-6-9-15-4-2-3-5-17(15)20(13)18(21)16-10-7-14(12-19)8-11-16/h2-5,7-8,10-11,13H,6,9,12H2,1H3. The number of amides is 1. The van der Waals surface area contributed by atoms with Gasteiger partial charge in [-0.2, -0.15) is 0 Å². The van der Waals surface area contributed by atoms with Crippen LogP contribution in [-0.2, 0) is 11.8 Å². The van der Waals surface area contributed by atoms with E-state index in [9.17, 15) is 4.79 Å². The average Bonchev–Trinajstić information content (AvgIpc) is 2.54. The van der Waals surface area contributed by atoms with E-state index in [1.165, 1.54) is 11.1 Å². The molecule has 0 spiro atoms. The number of hydrogen-bond donors (Lipinski definition) is 0. The second kappa shape index (κ2) is 6.02. The molecule has 3 heteroatoms. The van der Waals surface area contributed by atoms with Gasteiger partial charge in [-0.25, -0.2) is 0 Å². The van der Waals surface area contributed by atoms with Crippen molar-refractivity contribution >= 4 is 27.5 Å². The lowest BCUT2D eigenvalue weighted by Crippen LogP contribution is -2.42. The number of rotatable bonds is 2. The molecule has 1 heterocycles. The van der Waals surface area contributed by atoms with Crippen LogP contribution >= 0.6 is 15.9 Å². The Hall–Kier alpha value is -1.61. The first-order valence-corrected chi connectivity index (χ1v) is 8.39. The molecule has 0 saturated heterocycles. The number of hydrogen-bond acceptors (Lipinski definition) is 1. The molecule has 0 saturated carbocycles. The normalized spacial score (nSPS) is 17.4. The van der Waals surface area contributed by atoms with E-state index in [4.69, 9.17) is 0 Å². The molecule has 2 aromatic rings. The summed E-state index contributed by atoms with van der Waals surface area (Å²) in [4.78, 5) is 14.8. The Morgan fingerprint density at radius 2 is 1.90 bits per heavy atom. The van der Waals surface area contributed by atoms with E-state index in [0.717, 1.165) is 29.4 Å². The number of aryl methyl sites for hydroxylation is 1. The van der Waals surface area contributed by atoms with Gasteiger partial charge in [0.25, 0.3) is 5.91 Å². The van der Waals surface area contributed by atoms with E-state index in [0.29, 0.717) is 0 Å². The fraction of sp³-hybridized carbons (Fsp3) is 0.278. The summed E-state index contributed by atoms with van der Waals surface area (Å²) < 4.78 is 0. The molecule has 21 heavy (non-hydrogen) atoms. The average molecular weight is 344 g/mol. The molecular formula is C18H18BrNO. The molecule has 0 bridgehead atoms. The van der Waals surface area contributed by atoms with Gasteiger partial charge >= 0.3 is 0 Å². The van der Waals surface area contributed by atoms with Crippen molar-refractivity contribution in [2.75, 3.05) is 4.90 Å². The maximum atomic E-state index is 12.9. The lowest BCUT2D eigenvalue weighted by atomic mass is 9.95. The minimum absolute atomic E-state index is 0.0933. The van der Waals surface area contributed by atoms with E-state index >= 15 is 0 Å². The molecule has 1 aliphatic rings. The van der Waals surface area contributed by atoms with Crippen molar-refractivity contribution in [1.29, 1.82) is 0 Å². The quantitative estimate of drug-likeness (QED) is 0.731. The van der Waals surface area contributed by atoms with Crippen LogP contribution in [0.5, 0.6) is 0 Å². The van der Waals surface area contributed by atoms with Crippen LogP contribution in [0.15, 0.2) is 48.5 Å². The smallest absolute Gasteiger partial charge is 0.258 e. The summed E-state index contributed by atoms with van der Waals surface area (Å²) in [5, 5.41) is 0.810. The third-order valence-corrected chi connectivity index (χ3v) is 4.74. The molecule has 2 nitrogen and oxygen atoms in total. The fourth-order valence-electron chi connectivity index (χ4n) is 2.87. The number of benzene rings is 2. The van der Waals surface area contributed by atoms with Gasteiger partial charge in [-0.3, -0.25) is 4.79 Å². The van der Waals surface area contributed by atoms with Crippen molar-refractivity contribution in [3.63, 3.8) is 0 Å². The Kier molecular flexibility index (Phi) is 4.11. The Balaban J connectivity index is 1.96. The molecule has 3 rings (SSSR count). The maximum Gasteiger partial charge on any atom is 0.258 e. The maximum absolute atomic E-state index is 12.9. The van der Waals surface area contributed by atoms with Crippen LogP contribution in [0.25, 0.3) is 0 Å². The van der Waals surface area contributed by atoms with E-state index in [-0.39, 0.29) is 11.9 Å². The number of nitrogens with zero attached hydrogens (tertiary/aromatic N) is 1. The first-order chi connectivity index (χ1) is 10.2. The monoisotopic (exact) mass is 343 g/mol. The molecular weight excluding hydrogens is 326 g/mol. The van der Waals surface area contributed by atoms with E-state index in [1.54, 1.807) is 0 Å². The highest BCUT2D eigenvalue weighted by Gasteiger charge is 2.28. The molecule has 1 amide bonds. The van der Waals surface area contributed by atoms with Crippen LogP contribution in [-0.4, -0.2) is 11.9 Å². The van der Waals surface area contributed by atoms with Gasteiger partial charge in [0.2, 0.25) is 0 Å². The number of anilines is 1. The van der Waals surface area contributed by atoms with Gasteiger partial charge in [-0.1, -0.05) is 46.3 Å². The van der Waals surface area contributed by atoms with E-state index < -0.39 is 0 Å². The molecule has 1 atom stereocenters. The van der Waals surface area contributed by atoms with Crippen LogP contribution in [0.2, 0.25) is 0 Å². The highest BCUT2D eigenvalue weighted by molar-refractivity contribution is 9.08. The predicted octanol–water partition coefficient (Wildman–Crippen LogP) is 4.56. The van der Waals surface area contributed by atoms with Crippen molar-refractivity contribution < 1.29 is 4.79 Å². The first kappa shape index (κ1) is 14.3. The zero-order valence-corrected chi connectivity index (χ0v) is 13.6. The second-order valence-electron chi connectivity index (χ2n) is 5.52. The lowest BCUT2D eigenvalue weighted by Gasteiger charge is -2.35. The predicted molar refractivity (Wildman–Crippen MR) is 90.1 cm³/mol. The molecule has 0 N–H and O–H groups in total. The Labute approximate surface area is 133 Å². The van der Waals surface area contributed by atoms with Crippen molar-refractivity contribution in [1.82, 2.24) is 0 Å². The number of alkyl halides is 1. The third-order valence-electron chi connectivity index (χ3n) is 4.10. The minimum atomic E-state index is 0.0933. The molecule has 0 radical (unpaired) electrons. The van der Waals surface area contributed by atoms with Crippen LogP contribution in [0.1, 0.15) is 34.8 Å². The Morgan fingerprint density at radius 3 is 2.62 bits per heavy atom. The van der Waals surface area contributed by atoms with Crippen LogP contribution in [0.4, 0.5) is 5.69 Å². The third kappa shape index (κ3) is 2.75. The summed E-state index contributed by atoms with van der Waals surface area (Å²) in [6.45, 7) is 2.13. The summed E-state index contributed by atoms with van der Waals surface area (Å²) in [6, 6.07) is 16.3. The van der Waals surface area contributed by atoms with Gasteiger partial charge in [0, 0.05) is 22.6 Å². The number of carbonyl (C=O) groups is 1. The van der Waals surface area contributed by atoms with Crippen LogP contribution in [0.3, 0.4) is 0 Å². The highest BCUT2D eigenvalue weighted by Crippen LogP contribution is 2.31. The van der Waals surface area contributed by atoms with Crippen molar-refractivity contribution in [2.45, 2.75) is 31.1 Å². The molecule has 0 fully saturated rings. The summed E-state index contributed by atoms with van der Waals surface area (Å²) in [6.07, 6.45) is 2.06. The molecule has 108 valence electrons. The topological polar surface area (TPSA) is 20.3 Å². The zero-order valence-electron chi connectivity index (χ0n) is 12.1. The first-order valence-electron chi connectivity index (χ1n) is 7.27. The van der Waals surface area contributed by atoms with E-state index in [1.807, 2.05) is 41.3 Å². The Bertz CT molecular complexity index is 651. The zero-order chi connectivity index (χ0) is 14.8. The highest BCUT2D eigenvalue weighted by atomic mass is 79.9. The van der Waals surface area contributed by atoms with Gasteiger partial charge in [-0.05, 0) is 49.1 Å². The van der Waals surface area contributed by atoms with Gasteiger partial charge in [0.05, 0.1) is 0 Å². The van der Waals surface area contributed by atoms with Gasteiger partial charge in [0.1, 0.15) is 0 Å². The van der Waals surface area contributed by atoms with Gasteiger partial charge in [-0.15, -0.1) is 0 Å². The molecule has 1 aliphatic heterocycles. The number of fused-ring (bicyclic) bond motifs is 1. The lowest BCUT2D eigenvalue weighted by molar-refractivity contribution is 0.0975. The molecule has 1 unspecified atom stereocenters. The number of para-hydroxylation sites is 1. The van der Waals surface area contributed by atoms with Gasteiger partial charge in [0.15, 0.2) is 0 Å². The molecule has 0 aromatic heterocycles. The largest absolute Gasteiger partial charge is 0.305 e. The van der Waals surface area contributed by atoms with E-state index in [2.05, 4.69) is 35.0 Å².